The minimum atomic E-state index is 0.686. The van der Waals surface area contributed by atoms with Crippen molar-refractivity contribution in [1.82, 2.24) is 15.1 Å². The van der Waals surface area contributed by atoms with Gasteiger partial charge in [-0.1, -0.05) is 13.3 Å². The zero-order chi connectivity index (χ0) is 12.8. The summed E-state index contributed by atoms with van der Waals surface area (Å²) in [6, 6.07) is 0.686. The molecule has 1 saturated heterocycles. The Hall–Kier alpha value is -0.120. The lowest BCUT2D eigenvalue weighted by Crippen LogP contribution is -2.48. The maximum atomic E-state index is 3.63. The van der Waals surface area contributed by atoms with Crippen LogP contribution in [-0.4, -0.2) is 61.7 Å². The van der Waals surface area contributed by atoms with E-state index in [4.69, 9.17) is 0 Å². The van der Waals surface area contributed by atoms with Crippen LogP contribution in [0.25, 0.3) is 0 Å². The van der Waals surface area contributed by atoms with Gasteiger partial charge in [0.15, 0.2) is 0 Å². The van der Waals surface area contributed by atoms with Gasteiger partial charge in [0.2, 0.25) is 0 Å². The van der Waals surface area contributed by atoms with E-state index in [-0.39, 0.29) is 0 Å². The Morgan fingerprint density at radius 1 is 1.11 bits per heavy atom. The number of nitrogens with zero attached hydrogens (tertiary/aromatic N) is 2. The Morgan fingerprint density at radius 3 is 2.39 bits per heavy atom. The van der Waals surface area contributed by atoms with Crippen molar-refractivity contribution in [2.75, 3.05) is 45.8 Å². The lowest BCUT2D eigenvalue weighted by molar-refractivity contribution is 0.128. The van der Waals surface area contributed by atoms with Gasteiger partial charge in [-0.25, -0.2) is 0 Å². The van der Waals surface area contributed by atoms with Gasteiger partial charge >= 0.3 is 0 Å². The van der Waals surface area contributed by atoms with Crippen LogP contribution in [0.4, 0.5) is 0 Å². The van der Waals surface area contributed by atoms with Crippen LogP contribution in [0.3, 0.4) is 0 Å². The number of nitrogens with one attached hydrogen (secondary N) is 1. The molecule has 2 fully saturated rings. The Labute approximate surface area is 113 Å². The fourth-order valence-corrected chi connectivity index (χ4v) is 2.87. The molecule has 0 aromatic heterocycles. The van der Waals surface area contributed by atoms with E-state index in [0.717, 1.165) is 12.5 Å². The highest BCUT2D eigenvalue weighted by Crippen LogP contribution is 2.29. The van der Waals surface area contributed by atoms with Crippen molar-refractivity contribution in [3.63, 3.8) is 0 Å². The molecule has 2 rings (SSSR count). The van der Waals surface area contributed by atoms with Crippen molar-refractivity contribution in [1.29, 1.82) is 0 Å². The summed E-state index contributed by atoms with van der Waals surface area (Å²) in [6.07, 6.45) is 5.56. The zero-order valence-corrected chi connectivity index (χ0v) is 12.3. The molecule has 0 spiro atoms. The molecular formula is C15H31N3. The van der Waals surface area contributed by atoms with Crippen molar-refractivity contribution in [3.05, 3.63) is 0 Å². The SMILES string of the molecule is CCCC(C)NCCN1CCN(CC2CC2)CC1. The molecule has 0 radical (unpaired) electrons. The fraction of sp³-hybridized carbons (Fsp3) is 1.00. The lowest BCUT2D eigenvalue weighted by atomic mass is 10.2. The molecule has 0 aromatic carbocycles. The monoisotopic (exact) mass is 253 g/mol. The van der Waals surface area contributed by atoms with E-state index < -0.39 is 0 Å². The van der Waals surface area contributed by atoms with E-state index in [1.54, 1.807) is 0 Å². The first-order valence-corrected chi connectivity index (χ1v) is 7.96. The molecule has 2 aliphatic rings. The molecule has 0 amide bonds. The summed E-state index contributed by atoms with van der Waals surface area (Å²) in [4.78, 5) is 5.29. The summed E-state index contributed by atoms with van der Waals surface area (Å²) in [5.74, 6) is 1.05. The molecule has 1 atom stereocenters. The molecule has 0 aromatic rings. The van der Waals surface area contributed by atoms with Crippen molar-refractivity contribution < 1.29 is 0 Å². The quantitative estimate of drug-likeness (QED) is 0.711. The molecule has 1 saturated carbocycles. The summed E-state index contributed by atoms with van der Waals surface area (Å²) in [5, 5.41) is 3.63. The van der Waals surface area contributed by atoms with E-state index in [0.29, 0.717) is 6.04 Å². The van der Waals surface area contributed by atoms with Crippen LogP contribution in [0.2, 0.25) is 0 Å². The van der Waals surface area contributed by atoms with E-state index in [9.17, 15) is 0 Å². The van der Waals surface area contributed by atoms with Gasteiger partial charge in [-0.2, -0.15) is 0 Å². The second-order valence-electron chi connectivity index (χ2n) is 6.23. The Kier molecular flexibility index (Phi) is 5.93. The largest absolute Gasteiger partial charge is 0.313 e. The highest BCUT2D eigenvalue weighted by Gasteiger charge is 2.26. The Morgan fingerprint density at radius 2 is 1.78 bits per heavy atom. The van der Waals surface area contributed by atoms with E-state index in [2.05, 4.69) is 29.0 Å². The number of rotatable bonds is 8. The number of piperazine rings is 1. The molecular weight excluding hydrogens is 222 g/mol. The molecule has 1 unspecified atom stereocenters. The standard InChI is InChI=1S/C15H31N3/c1-3-4-14(2)16-7-8-17-9-11-18(12-10-17)13-15-5-6-15/h14-16H,3-13H2,1-2H3. The van der Waals surface area contributed by atoms with Gasteiger partial charge < -0.3 is 10.2 Å². The molecule has 1 aliphatic heterocycles. The smallest absolute Gasteiger partial charge is 0.0110 e. The minimum absolute atomic E-state index is 0.686. The predicted octanol–water partition coefficient (Wildman–Crippen LogP) is 1.79. The van der Waals surface area contributed by atoms with E-state index in [1.807, 2.05) is 0 Å². The van der Waals surface area contributed by atoms with Crippen molar-refractivity contribution in [2.45, 2.75) is 45.6 Å². The highest BCUT2D eigenvalue weighted by molar-refractivity contribution is 4.80. The zero-order valence-electron chi connectivity index (χ0n) is 12.3. The second-order valence-corrected chi connectivity index (χ2v) is 6.23. The van der Waals surface area contributed by atoms with Gasteiger partial charge in [0.1, 0.15) is 0 Å². The maximum Gasteiger partial charge on any atom is 0.0110 e. The third kappa shape index (κ3) is 5.25. The highest BCUT2D eigenvalue weighted by atomic mass is 15.3. The summed E-state index contributed by atoms with van der Waals surface area (Å²) in [5.41, 5.74) is 0. The average Bonchev–Trinajstić information content (AvgIpc) is 3.16. The normalized spacial score (nSPS) is 24.3. The summed E-state index contributed by atoms with van der Waals surface area (Å²) >= 11 is 0. The van der Waals surface area contributed by atoms with Crippen molar-refractivity contribution in [3.8, 4) is 0 Å². The topological polar surface area (TPSA) is 18.5 Å². The van der Waals surface area contributed by atoms with Crippen LogP contribution in [0.5, 0.6) is 0 Å². The summed E-state index contributed by atoms with van der Waals surface area (Å²) in [6.45, 7) is 13.5. The molecule has 3 heteroatoms. The van der Waals surface area contributed by atoms with Crippen LogP contribution in [-0.2, 0) is 0 Å². The number of hydrogen-bond acceptors (Lipinski definition) is 3. The second kappa shape index (κ2) is 7.46. The third-order valence-corrected chi connectivity index (χ3v) is 4.32. The molecule has 1 N–H and O–H groups in total. The Balaban J connectivity index is 1.50. The van der Waals surface area contributed by atoms with Gasteiger partial charge in [-0.3, -0.25) is 4.90 Å². The molecule has 3 nitrogen and oxygen atoms in total. The maximum absolute atomic E-state index is 3.63. The first-order chi connectivity index (χ1) is 8.78. The molecule has 0 bridgehead atoms. The van der Waals surface area contributed by atoms with Crippen LogP contribution < -0.4 is 5.32 Å². The molecule has 106 valence electrons. The molecule has 1 aliphatic carbocycles. The number of hydrogen-bond donors (Lipinski definition) is 1. The summed E-state index contributed by atoms with van der Waals surface area (Å²) in [7, 11) is 0. The van der Waals surface area contributed by atoms with E-state index in [1.165, 1.54) is 65.0 Å². The van der Waals surface area contributed by atoms with E-state index >= 15 is 0 Å². The van der Waals surface area contributed by atoms with Gasteiger partial charge in [0.25, 0.3) is 0 Å². The summed E-state index contributed by atoms with van der Waals surface area (Å²) < 4.78 is 0. The third-order valence-electron chi connectivity index (χ3n) is 4.32. The molecule has 1 heterocycles. The average molecular weight is 253 g/mol. The first-order valence-electron chi connectivity index (χ1n) is 7.96. The van der Waals surface area contributed by atoms with Crippen LogP contribution in [0.15, 0.2) is 0 Å². The van der Waals surface area contributed by atoms with Crippen LogP contribution in [0, 0.1) is 5.92 Å². The minimum Gasteiger partial charge on any atom is -0.313 e. The fourth-order valence-electron chi connectivity index (χ4n) is 2.87. The van der Waals surface area contributed by atoms with Crippen molar-refractivity contribution in [2.24, 2.45) is 5.92 Å². The molecule has 18 heavy (non-hydrogen) atoms. The predicted molar refractivity (Wildman–Crippen MR) is 78.0 cm³/mol. The lowest BCUT2D eigenvalue weighted by Gasteiger charge is -2.35. The Bertz CT molecular complexity index is 220. The van der Waals surface area contributed by atoms with Gasteiger partial charge in [-0.15, -0.1) is 0 Å². The van der Waals surface area contributed by atoms with Crippen LogP contribution >= 0.6 is 0 Å². The van der Waals surface area contributed by atoms with Crippen molar-refractivity contribution >= 4 is 0 Å². The van der Waals surface area contributed by atoms with Gasteiger partial charge in [0.05, 0.1) is 0 Å². The van der Waals surface area contributed by atoms with Gasteiger partial charge in [0, 0.05) is 51.9 Å². The van der Waals surface area contributed by atoms with Crippen LogP contribution in [0.1, 0.15) is 39.5 Å². The first kappa shape index (κ1) is 14.3. The van der Waals surface area contributed by atoms with Gasteiger partial charge in [-0.05, 0) is 32.1 Å².